The minimum atomic E-state index is 0.172. The van der Waals surface area contributed by atoms with Crippen molar-refractivity contribution >= 4 is 18.5 Å². The summed E-state index contributed by atoms with van der Waals surface area (Å²) in [6.45, 7) is 3.02. The quantitative estimate of drug-likeness (QED) is 0.460. The second-order valence-electron chi connectivity index (χ2n) is 3.24. The molecule has 1 N–H and O–H groups in total. The number of amides is 1. The molecule has 0 unspecified atom stereocenters. The number of unbranched alkanes of at least 4 members (excludes halogenated alkanes) is 3. The van der Waals surface area contributed by atoms with Crippen LogP contribution in [0.3, 0.4) is 0 Å². The average Bonchev–Trinajstić information content (AvgIpc) is 2.14. The molecule has 3 heteroatoms. The van der Waals surface area contributed by atoms with Gasteiger partial charge in [-0.05, 0) is 18.6 Å². The molecular formula is C10H21NOS. The third-order valence-corrected chi connectivity index (χ3v) is 2.23. The fraction of sp³-hybridized carbons (Fsp3) is 0.900. The summed E-state index contributed by atoms with van der Waals surface area (Å²) < 4.78 is 0. The van der Waals surface area contributed by atoms with Gasteiger partial charge in [-0.2, -0.15) is 12.6 Å². The molecule has 13 heavy (non-hydrogen) atoms. The lowest BCUT2D eigenvalue weighted by Crippen LogP contribution is -2.24. The van der Waals surface area contributed by atoms with Crippen LogP contribution in [0.5, 0.6) is 0 Å². The number of nitrogens with one attached hydrogen (secondary N) is 1. The molecule has 0 saturated carbocycles. The second kappa shape index (κ2) is 9.90. The molecule has 0 bridgehead atoms. The van der Waals surface area contributed by atoms with Crippen molar-refractivity contribution in [1.29, 1.82) is 0 Å². The third-order valence-electron chi connectivity index (χ3n) is 1.91. The van der Waals surface area contributed by atoms with Crippen LogP contribution in [0.25, 0.3) is 0 Å². The monoisotopic (exact) mass is 203 g/mol. The molecule has 0 aromatic carbocycles. The summed E-state index contributed by atoms with van der Waals surface area (Å²) in [5.41, 5.74) is 0. The molecule has 0 heterocycles. The summed E-state index contributed by atoms with van der Waals surface area (Å²) in [6, 6.07) is 0. The van der Waals surface area contributed by atoms with E-state index in [4.69, 9.17) is 0 Å². The SMILES string of the molecule is CCCCCCNC(=O)CCCS. The van der Waals surface area contributed by atoms with E-state index in [1.165, 1.54) is 19.3 Å². The Morgan fingerprint density at radius 2 is 2.00 bits per heavy atom. The van der Waals surface area contributed by atoms with Gasteiger partial charge in [0, 0.05) is 13.0 Å². The Balaban J connectivity index is 3.08. The summed E-state index contributed by atoms with van der Waals surface area (Å²) in [4.78, 5) is 11.1. The third kappa shape index (κ3) is 9.74. The van der Waals surface area contributed by atoms with E-state index < -0.39 is 0 Å². The van der Waals surface area contributed by atoms with Crippen molar-refractivity contribution in [1.82, 2.24) is 5.32 Å². The van der Waals surface area contributed by atoms with Crippen LogP contribution >= 0.6 is 12.6 Å². The Kier molecular flexibility index (Phi) is 9.77. The van der Waals surface area contributed by atoms with Crippen molar-refractivity contribution in [2.24, 2.45) is 0 Å². The second-order valence-corrected chi connectivity index (χ2v) is 3.68. The van der Waals surface area contributed by atoms with Gasteiger partial charge >= 0.3 is 0 Å². The Labute approximate surface area is 86.9 Å². The summed E-state index contributed by atoms with van der Waals surface area (Å²) >= 11 is 4.05. The van der Waals surface area contributed by atoms with Crippen molar-refractivity contribution < 1.29 is 4.79 Å². The minimum Gasteiger partial charge on any atom is -0.356 e. The van der Waals surface area contributed by atoms with E-state index in [1.54, 1.807) is 0 Å². The standard InChI is InChI=1S/C10H21NOS/c1-2-3-4-5-8-11-10(12)7-6-9-13/h13H,2-9H2,1H3,(H,11,12). The minimum absolute atomic E-state index is 0.172. The van der Waals surface area contributed by atoms with Crippen LogP contribution in [0.4, 0.5) is 0 Å². The Bertz CT molecular complexity index is 128. The van der Waals surface area contributed by atoms with Gasteiger partial charge in [0.15, 0.2) is 0 Å². The summed E-state index contributed by atoms with van der Waals surface area (Å²) in [5.74, 6) is 0.967. The van der Waals surface area contributed by atoms with Gasteiger partial charge in [-0.25, -0.2) is 0 Å². The average molecular weight is 203 g/mol. The zero-order valence-electron chi connectivity index (χ0n) is 8.51. The lowest BCUT2D eigenvalue weighted by atomic mass is 10.2. The maximum Gasteiger partial charge on any atom is 0.220 e. The molecule has 0 aliphatic heterocycles. The summed E-state index contributed by atoms with van der Waals surface area (Å²) in [6.07, 6.45) is 6.35. The van der Waals surface area contributed by atoms with E-state index >= 15 is 0 Å². The van der Waals surface area contributed by atoms with Gasteiger partial charge in [-0.3, -0.25) is 4.79 Å². The van der Waals surface area contributed by atoms with Crippen LogP contribution in [0, 0.1) is 0 Å². The highest BCUT2D eigenvalue weighted by atomic mass is 32.1. The lowest BCUT2D eigenvalue weighted by molar-refractivity contribution is -0.121. The van der Waals surface area contributed by atoms with Crippen LogP contribution < -0.4 is 5.32 Å². The van der Waals surface area contributed by atoms with Crippen molar-refractivity contribution in [3.05, 3.63) is 0 Å². The highest BCUT2D eigenvalue weighted by Crippen LogP contribution is 1.97. The molecule has 0 atom stereocenters. The first-order valence-electron chi connectivity index (χ1n) is 5.18. The van der Waals surface area contributed by atoms with Gasteiger partial charge in [0.2, 0.25) is 5.91 Å². The van der Waals surface area contributed by atoms with Gasteiger partial charge in [0.1, 0.15) is 0 Å². The zero-order chi connectivity index (χ0) is 9.94. The molecule has 0 aliphatic rings. The topological polar surface area (TPSA) is 29.1 Å². The molecule has 0 saturated heterocycles. The number of rotatable bonds is 8. The van der Waals surface area contributed by atoms with Gasteiger partial charge < -0.3 is 5.32 Å². The Morgan fingerprint density at radius 1 is 1.23 bits per heavy atom. The largest absolute Gasteiger partial charge is 0.356 e. The predicted octanol–water partition coefficient (Wildman–Crippen LogP) is 2.39. The molecule has 78 valence electrons. The van der Waals surface area contributed by atoms with E-state index in [2.05, 4.69) is 24.9 Å². The number of thiol groups is 1. The molecule has 1 amide bonds. The van der Waals surface area contributed by atoms with Crippen LogP contribution in [0.1, 0.15) is 45.4 Å². The van der Waals surface area contributed by atoms with Gasteiger partial charge in [-0.1, -0.05) is 26.2 Å². The summed E-state index contributed by atoms with van der Waals surface area (Å²) in [7, 11) is 0. The van der Waals surface area contributed by atoms with Gasteiger partial charge in [0.25, 0.3) is 0 Å². The van der Waals surface area contributed by atoms with E-state index in [-0.39, 0.29) is 5.91 Å². The Morgan fingerprint density at radius 3 is 2.62 bits per heavy atom. The van der Waals surface area contributed by atoms with Crippen LogP contribution in [0.2, 0.25) is 0 Å². The highest BCUT2D eigenvalue weighted by molar-refractivity contribution is 7.80. The number of hydrogen-bond acceptors (Lipinski definition) is 2. The van der Waals surface area contributed by atoms with E-state index in [1.807, 2.05) is 0 Å². The van der Waals surface area contributed by atoms with Gasteiger partial charge in [0.05, 0.1) is 0 Å². The molecule has 0 rings (SSSR count). The number of hydrogen-bond donors (Lipinski definition) is 2. The molecule has 0 aliphatic carbocycles. The van der Waals surface area contributed by atoms with Crippen molar-refractivity contribution in [3.63, 3.8) is 0 Å². The fourth-order valence-corrected chi connectivity index (χ4v) is 1.27. The molecule has 0 radical (unpaired) electrons. The molecule has 2 nitrogen and oxygen atoms in total. The summed E-state index contributed by atoms with van der Waals surface area (Å²) in [5, 5.41) is 2.90. The van der Waals surface area contributed by atoms with Crippen molar-refractivity contribution in [2.75, 3.05) is 12.3 Å². The van der Waals surface area contributed by atoms with Crippen LogP contribution in [-0.2, 0) is 4.79 Å². The lowest BCUT2D eigenvalue weighted by Gasteiger charge is -2.03. The molecular weight excluding hydrogens is 182 g/mol. The van der Waals surface area contributed by atoms with Crippen molar-refractivity contribution in [2.45, 2.75) is 45.4 Å². The number of carbonyl (C=O) groups is 1. The first kappa shape index (κ1) is 12.8. The predicted molar refractivity (Wildman–Crippen MR) is 60.2 cm³/mol. The maximum absolute atomic E-state index is 11.1. The molecule has 0 fully saturated rings. The maximum atomic E-state index is 11.1. The van der Waals surface area contributed by atoms with E-state index in [0.717, 1.165) is 25.1 Å². The van der Waals surface area contributed by atoms with Gasteiger partial charge in [-0.15, -0.1) is 0 Å². The van der Waals surface area contributed by atoms with E-state index in [9.17, 15) is 4.79 Å². The van der Waals surface area contributed by atoms with E-state index in [0.29, 0.717) is 6.42 Å². The molecule has 0 aromatic heterocycles. The van der Waals surface area contributed by atoms with Crippen LogP contribution in [-0.4, -0.2) is 18.2 Å². The zero-order valence-corrected chi connectivity index (χ0v) is 9.41. The highest BCUT2D eigenvalue weighted by Gasteiger charge is 1.98. The first-order chi connectivity index (χ1) is 6.31. The Hall–Kier alpha value is -0.180. The first-order valence-corrected chi connectivity index (χ1v) is 5.82. The normalized spacial score (nSPS) is 10.0. The molecule has 0 aromatic rings. The molecule has 0 spiro atoms. The van der Waals surface area contributed by atoms with Crippen molar-refractivity contribution in [3.8, 4) is 0 Å². The smallest absolute Gasteiger partial charge is 0.220 e. The number of carbonyl (C=O) groups excluding carboxylic acids is 1. The fourth-order valence-electron chi connectivity index (χ4n) is 1.11. The van der Waals surface area contributed by atoms with Crippen LogP contribution in [0.15, 0.2) is 0 Å².